The molecule has 26 heavy (non-hydrogen) atoms. The number of aromatic nitrogens is 2. The first-order valence-electron chi connectivity index (χ1n) is 7.78. The molecule has 0 spiro atoms. The van der Waals surface area contributed by atoms with E-state index in [0.29, 0.717) is 22.2 Å². The van der Waals surface area contributed by atoms with Gasteiger partial charge in [0.2, 0.25) is 0 Å². The average molecular weight is 404 g/mol. The lowest BCUT2D eigenvalue weighted by atomic mass is 10.2. The first-order chi connectivity index (χ1) is 12.6. The second-order valence-corrected chi connectivity index (χ2v) is 8.30. The predicted molar refractivity (Wildman–Crippen MR) is 106 cm³/mol. The monoisotopic (exact) mass is 403 g/mol. The van der Waals surface area contributed by atoms with E-state index in [1.165, 1.54) is 34.0 Å². The Morgan fingerprint density at radius 2 is 2.12 bits per heavy atom. The molecule has 0 aliphatic carbocycles. The van der Waals surface area contributed by atoms with Crippen LogP contribution >= 0.6 is 34.0 Å². The summed E-state index contributed by atoms with van der Waals surface area (Å²) in [7, 11) is 0. The van der Waals surface area contributed by atoms with Crippen molar-refractivity contribution < 1.29 is 14.3 Å². The quantitative estimate of drug-likeness (QED) is 0.499. The highest BCUT2D eigenvalue weighted by Gasteiger charge is 2.20. The minimum Gasteiger partial charge on any atom is -0.462 e. The summed E-state index contributed by atoms with van der Waals surface area (Å²) in [5, 5.41) is 3.35. The Bertz CT molecular complexity index is 1140. The van der Waals surface area contributed by atoms with Gasteiger partial charge in [0.1, 0.15) is 9.71 Å². The second-order valence-electron chi connectivity index (χ2n) is 5.42. The molecular weight excluding hydrogens is 390 g/mol. The first-order valence-corrected chi connectivity index (χ1v) is 10.3. The molecular formula is C17H13N3O3S3. The summed E-state index contributed by atoms with van der Waals surface area (Å²) >= 11 is 4.14. The van der Waals surface area contributed by atoms with Gasteiger partial charge in [0.05, 0.1) is 27.0 Å². The molecule has 0 bridgehead atoms. The Hall–Kier alpha value is -2.36. The van der Waals surface area contributed by atoms with Crippen molar-refractivity contribution in [2.24, 2.45) is 0 Å². The molecule has 0 atom stereocenters. The fourth-order valence-corrected chi connectivity index (χ4v) is 5.42. The van der Waals surface area contributed by atoms with Crippen LogP contribution in [0.5, 0.6) is 0 Å². The molecule has 0 saturated carbocycles. The van der Waals surface area contributed by atoms with E-state index in [1.54, 1.807) is 18.5 Å². The number of hydrogen-bond acceptors (Lipinski definition) is 8. The van der Waals surface area contributed by atoms with Crippen LogP contribution in [0.4, 0.5) is 5.13 Å². The molecule has 0 unspecified atom stereocenters. The van der Waals surface area contributed by atoms with Crippen molar-refractivity contribution in [3.8, 4) is 0 Å². The van der Waals surface area contributed by atoms with Crippen LogP contribution in [0.1, 0.15) is 32.5 Å². The SMILES string of the molecule is CCOC(=O)c1sc2nc(NC(=O)c3ccc4ncsc4c3)sc2c1C. The van der Waals surface area contributed by atoms with Gasteiger partial charge in [0.15, 0.2) is 5.13 Å². The van der Waals surface area contributed by atoms with Gasteiger partial charge in [-0.3, -0.25) is 10.1 Å². The molecule has 132 valence electrons. The summed E-state index contributed by atoms with van der Waals surface area (Å²) in [4.78, 5) is 34.4. The van der Waals surface area contributed by atoms with Crippen LogP contribution in [0.15, 0.2) is 23.7 Å². The molecule has 6 nitrogen and oxygen atoms in total. The Labute approximate surface area is 160 Å². The molecule has 0 radical (unpaired) electrons. The first kappa shape index (κ1) is 17.1. The van der Waals surface area contributed by atoms with Crippen LogP contribution in [0, 0.1) is 6.92 Å². The number of esters is 1. The third kappa shape index (κ3) is 2.98. The van der Waals surface area contributed by atoms with Crippen molar-refractivity contribution in [1.29, 1.82) is 0 Å². The number of rotatable bonds is 4. The zero-order valence-electron chi connectivity index (χ0n) is 13.9. The number of anilines is 1. The number of benzene rings is 1. The van der Waals surface area contributed by atoms with Crippen LogP contribution in [0.2, 0.25) is 0 Å². The lowest BCUT2D eigenvalue weighted by Gasteiger charge is -2.02. The maximum absolute atomic E-state index is 12.5. The number of carbonyl (C=O) groups excluding carboxylic acids is 2. The third-order valence-electron chi connectivity index (χ3n) is 3.75. The van der Waals surface area contributed by atoms with E-state index in [2.05, 4.69) is 15.3 Å². The van der Waals surface area contributed by atoms with Crippen LogP contribution in [0.25, 0.3) is 19.7 Å². The predicted octanol–water partition coefficient (Wildman–Crippen LogP) is 4.70. The van der Waals surface area contributed by atoms with E-state index in [1.807, 2.05) is 19.1 Å². The lowest BCUT2D eigenvalue weighted by molar-refractivity contribution is 0.0531. The number of nitrogens with one attached hydrogen (secondary N) is 1. The van der Waals surface area contributed by atoms with Gasteiger partial charge in [-0.15, -0.1) is 22.7 Å². The van der Waals surface area contributed by atoms with Gasteiger partial charge in [-0.25, -0.2) is 14.8 Å². The number of thiophene rings is 1. The van der Waals surface area contributed by atoms with Gasteiger partial charge in [0.25, 0.3) is 5.91 Å². The lowest BCUT2D eigenvalue weighted by Crippen LogP contribution is -2.11. The molecule has 1 aromatic carbocycles. The molecule has 4 rings (SSSR count). The number of carbonyl (C=O) groups is 2. The van der Waals surface area contributed by atoms with Crippen LogP contribution in [-0.2, 0) is 4.74 Å². The van der Waals surface area contributed by atoms with Crippen molar-refractivity contribution in [3.05, 3.63) is 39.7 Å². The Kier molecular flexibility index (Phi) is 4.43. The van der Waals surface area contributed by atoms with Gasteiger partial charge >= 0.3 is 5.97 Å². The maximum Gasteiger partial charge on any atom is 0.348 e. The van der Waals surface area contributed by atoms with Crippen LogP contribution in [0.3, 0.4) is 0 Å². The van der Waals surface area contributed by atoms with E-state index in [-0.39, 0.29) is 11.9 Å². The molecule has 4 aromatic rings. The molecule has 0 fully saturated rings. The van der Waals surface area contributed by atoms with Crippen molar-refractivity contribution in [2.75, 3.05) is 11.9 Å². The number of aryl methyl sites for hydroxylation is 1. The molecule has 3 heterocycles. The Morgan fingerprint density at radius 1 is 1.27 bits per heavy atom. The molecule has 9 heteroatoms. The summed E-state index contributed by atoms with van der Waals surface area (Å²) in [6, 6.07) is 5.40. The van der Waals surface area contributed by atoms with E-state index in [0.717, 1.165) is 25.3 Å². The van der Waals surface area contributed by atoms with Crippen LogP contribution in [-0.4, -0.2) is 28.5 Å². The van der Waals surface area contributed by atoms with Crippen molar-refractivity contribution in [1.82, 2.24) is 9.97 Å². The normalized spacial score (nSPS) is 11.2. The maximum atomic E-state index is 12.5. The third-order valence-corrected chi connectivity index (χ3v) is 6.93. The number of amides is 1. The number of ether oxygens (including phenoxy) is 1. The van der Waals surface area contributed by atoms with Gasteiger partial charge in [-0.2, -0.15) is 0 Å². The molecule has 0 aliphatic rings. The summed E-state index contributed by atoms with van der Waals surface area (Å²) in [5.41, 5.74) is 4.03. The van der Waals surface area contributed by atoms with Gasteiger partial charge in [0, 0.05) is 5.56 Å². The summed E-state index contributed by atoms with van der Waals surface area (Å²) in [6.45, 7) is 3.98. The minimum absolute atomic E-state index is 0.218. The standard InChI is InChI=1S/C17H13N3O3S3/c1-3-23-16(22)13-8(2)12-15(25-13)20-17(26-12)19-14(21)9-4-5-10-11(6-9)24-7-18-10/h4-7H,3H2,1-2H3,(H,19,20,21). The van der Waals surface area contributed by atoms with E-state index in [9.17, 15) is 9.59 Å². The Morgan fingerprint density at radius 3 is 2.88 bits per heavy atom. The summed E-state index contributed by atoms with van der Waals surface area (Å²) in [6.07, 6.45) is 0. The van der Waals surface area contributed by atoms with Crippen LogP contribution < -0.4 is 5.32 Å². The molecule has 0 saturated heterocycles. The van der Waals surface area contributed by atoms with Crippen molar-refractivity contribution >= 4 is 70.8 Å². The van der Waals surface area contributed by atoms with E-state index >= 15 is 0 Å². The number of fused-ring (bicyclic) bond motifs is 2. The van der Waals surface area contributed by atoms with Gasteiger partial charge < -0.3 is 4.74 Å². The van der Waals surface area contributed by atoms with Crippen molar-refractivity contribution in [3.63, 3.8) is 0 Å². The molecule has 0 aliphatic heterocycles. The largest absolute Gasteiger partial charge is 0.462 e. The fourth-order valence-electron chi connectivity index (χ4n) is 2.50. The summed E-state index contributed by atoms with van der Waals surface area (Å²) < 4.78 is 6.92. The van der Waals surface area contributed by atoms with Gasteiger partial charge in [-0.05, 0) is 37.6 Å². The number of thiazole rings is 2. The van der Waals surface area contributed by atoms with Gasteiger partial charge in [-0.1, -0.05) is 11.3 Å². The molecule has 1 amide bonds. The topological polar surface area (TPSA) is 81.2 Å². The number of nitrogens with zero attached hydrogens (tertiary/aromatic N) is 2. The zero-order valence-corrected chi connectivity index (χ0v) is 16.3. The number of hydrogen-bond donors (Lipinski definition) is 1. The van der Waals surface area contributed by atoms with E-state index in [4.69, 9.17) is 4.74 Å². The Balaban J connectivity index is 1.58. The minimum atomic E-state index is -0.330. The molecule has 3 aromatic heterocycles. The highest BCUT2D eigenvalue weighted by Crippen LogP contribution is 2.37. The van der Waals surface area contributed by atoms with Crippen molar-refractivity contribution in [2.45, 2.75) is 13.8 Å². The second kappa shape index (κ2) is 6.75. The zero-order chi connectivity index (χ0) is 18.3. The average Bonchev–Trinajstić information content (AvgIpc) is 3.30. The highest BCUT2D eigenvalue weighted by molar-refractivity contribution is 7.30. The summed E-state index contributed by atoms with van der Waals surface area (Å²) in [5.74, 6) is -0.548. The highest BCUT2D eigenvalue weighted by atomic mass is 32.1. The smallest absolute Gasteiger partial charge is 0.348 e. The van der Waals surface area contributed by atoms with E-state index < -0.39 is 0 Å². The molecule has 1 N–H and O–H groups in total. The fraction of sp³-hybridized carbons (Fsp3) is 0.176.